The maximum Gasteiger partial charge on any atom is 0.269 e. The van der Waals surface area contributed by atoms with Gasteiger partial charge in [-0.1, -0.05) is 18.2 Å². The van der Waals surface area contributed by atoms with Crippen LogP contribution >= 0.6 is 0 Å². The second kappa shape index (κ2) is 7.93. The van der Waals surface area contributed by atoms with E-state index in [-0.39, 0.29) is 11.6 Å². The van der Waals surface area contributed by atoms with Crippen molar-refractivity contribution in [3.05, 3.63) is 70.3 Å². The summed E-state index contributed by atoms with van der Waals surface area (Å²) in [5, 5.41) is 13.8. The van der Waals surface area contributed by atoms with Crippen LogP contribution in [0.4, 0.5) is 11.4 Å². The van der Waals surface area contributed by atoms with Crippen LogP contribution in [0.5, 0.6) is 0 Å². The summed E-state index contributed by atoms with van der Waals surface area (Å²) in [7, 11) is 1.78. The molecule has 6 heteroatoms. The van der Waals surface area contributed by atoms with Gasteiger partial charge in [-0.3, -0.25) is 14.9 Å². The number of non-ortho nitro benzene ring substituents is 1. The fourth-order valence-electron chi connectivity index (χ4n) is 2.15. The number of rotatable bonds is 7. The third kappa shape index (κ3) is 4.81. The highest BCUT2D eigenvalue weighted by atomic mass is 16.6. The lowest BCUT2D eigenvalue weighted by Gasteiger charge is -2.17. The summed E-state index contributed by atoms with van der Waals surface area (Å²) >= 11 is 0. The Morgan fingerprint density at radius 3 is 2.39 bits per heavy atom. The first kappa shape index (κ1) is 16.5. The van der Waals surface area contributed by atoms with Crippen molar-refractivity contribution in [2.75, 3.05) is 25.5 Å². The van der Waals surface area contributed by atoms with Crippen LogP contribution in [0.1, 0.15) is 16.8 Å². The van der Waals surface area contributed by atoms with Gasteiger partial charge in [-0.25, -0.2) is 0 Å². The molecule has 0 bridgehead atoms. The zero-order valence-corrected chi connectivity index (χ0v) is 12.9. The number of nitrogens with one attached hydrogen (secondary N) is 1. The summed E-state index contributed by atoms with van der Waals surface area (Å²) in [5.74, 6) is 0.000867. The van der Waals surface area contributed by atoms with Gasteiger partial charge in [-0.2, -0.15) is 0 Å². The Hall–Kier alpha value is -2.89. The van der Waals surface area contributed by atoms with Crippen molar-refractivity contribution in [3.63, 3.8) is 0 Å². The Morgan fingerprint density at radius 1 is 1.13 bits per heavy atom. The fourth-order valence-corrected chi connectivity index (χ4v) is 2.15. The molecule has 1 N–H and O–H groups in total. The van der Waals surface area contributed by atoms with E-state index in [1.165, 1.54) is 12.1 Å². The van der Waals surface area contributed by atoms with Crippen LogP contribution in [0, 0.1) is 10.1 Å². The molecule has 0 fully saturated rings. The zero-order chi connectivity index (χ0) is 16.7. The molecule has 2 aromatic rings. The van der Waals surface area contributed by atoms with Crippen molar-refractivity contribution in [1.29, 1.82) is 0 Å². The monoisotopic (exact) mass is 313 g/mol. The van der Waals surface area contributed by atoms with Crippen LogP contribution in [0.15, 0.2) is 54.6 Å². The molecule has 0 aliphatic rings. The largest absolute Gasteiger partial charge is 0.385 e. The van der Waals surface area contributed by atoms with E-state index >= 15 is 0 Å². The van der Waals surface area contributed by atoms with Gasteiger partial charge in [0.1, 0.15) is 0 Å². The zero-order valence-electron chi connectivity index (χ0n) is 12.9. The molecule has 0 saturated heterocycles. The summed E-state index contributed by atoms with van der Waals surface area (Å²) in [4.78, 5) is 24.0. The number of carbonyl (C=O) groups excluding carboxylic acids is 1. The number of anilines is 1. The van der Waals surface area contributed by atoms with E-state index in [9.17, 15) is 14.9 Å². The molecule has 0 aliphatic carbocycles. The Labute approximate surface area is 134 Å². The molecule has 0 atom stereocenters. The van der Waals surface area contributed by atoms with Gasteiger partial charge in [0.15, 0.2) is 0 Å². The Morgan fingerprint density at radius 2 is 1.78 bits per heavy atom. The molecule has 0 spiro atoms. The van der Waals surface area contributed by atoms with E-state index in [4.69, 9.17) is 0 Å². The highest BCUT2D eigenvalue weighted by Crippen LogP contribution is 2.15. The van der Waals surface area contributed by atoms with Gasteiger partial charge in [0, 0.05) is 43.5 Å². The normalized spacial score (nSPS) is 10.1. The molecule has 0 aromatic heterocycles. The number of nitro benzene ring substituents is 1. The second-order valence-corrected chi connectivity index (χ2v) is 5.18. The van der Waals surface area contributed by atoms with Crippen LogP contribution < -0.4 is 5.32 Å². The number of hydrogen-bond donors (Lipinski definition) is 1. The topological polar surface area (TPSA) is 75.5 Å². The summed E-state index contributed by atoms with van der Waals surface area (Å²) in [5.41, 5.74) is 1.58. The number of hydrogen-bond acceptors (Lipinski definition) is 4. The molecule has 2 rings (SSSR count). The second-order valence-electron chi connectivity index (χ2n) is 5.18. The molecule has 1 amide bonds. The third-order valence-corrected chi connectivity index (χ3v) is 3.44. The minimum atomic E-state index is -0.423. The molecule has 0 saturated carbocycles. The van der Waals surface area contributed by atoms with Crippen molar-refractivity contribution in [3.8, 4) is 0 Å². The quantitative estimate of drug-likeness (QED) is 0.484. The van der Waals surface area contributed by atoms with Gasteiger partial charge in [0.25, 0.3) is 11.6 Å². The number of nitrogens with zero attached hydrogens (tertiary/aromatic N) is 2. The molecular formula is C17H19N3O3. The van der Waals surface area contributed by atoms with Crippen molar-refractivity contribution in [2.45, 2.75) is 6.42 Å². The van der Waals surface area contributed by atoms with E-state index in [0.717, 1.165) is 12.1 Å². The number of benzene rings is 2. The third-order valence-electron chi connectivity index (χ3n) is 3.44. The molecule has 23 heavy (non-hydrogen) atoms. The Kier molecular flexibility index (Phi) is 5.68. The minimum Gasteiger partial charge on any atom is -0.385 e. The SMILES string of the molecule is CN(CCCNc1ccc([N+](=O)[O-])cc1)C(=O)c1ccccc1. The van der Waals surface area contributed by atoms with Crippen molar-refractivity contribution < 1.29 is 9.72 Å². The molecule has 0 unspecified atom stereocenters. The van der Waals surface area contributed by atoms with Crippen molar-refractivity contribution >= 4 is 17.3 Å². The standard InChI is InChI=1S/C17H19N3O3/c1-19(17(21)14-6-3-2-4-7-14)13-5-12-18-15-8-10-16(11-9-15)20(22)23/h2-4,6-11,18H,5,12-13H2,1H3. The summed E-state index contributed by atoms with van der Waals surface area (Å²) in [6.07, 6.45) is 0.784. The fraction of sp³-hybridized carbons (Fsp3) is 0.235. The van der Waals surface area contributed by atoms with Crippen LogP contribution in [-0.2, 0) is 0 Å². The van der Waals surface area contributed by atoms with Crippen LogP contribution in [0.25, 0.3) is 0 Å². The van der Waals surface area contributed by atoms with E-state index in [1.807, 2.05) is 18.2 Å². The molecule has 0 radical (unpaired) electrons. The molecule has 0 aliphatic heterocycles. The van der Waals surface area contributed by atoms with Gasteiger partial charge in [-0.15, -0.1) is 0 Å². The summed E-state index contributed by atoms with van der Waals surface area (Å²) in [6.45, 7) is 1.32. The smallest absolute Gasteiger partial charge is 0.269 e. The van der Waals surface area contributed by atoms with E-state index in [2.05, 4.69) is 5.32 Å². The van der Waals surface area contributed by atoms with Gasteiger partial charge >= 0.3 is 0 Å². The van der Waals surface area contributed by atoms with Crippen LogP contribution in [-0.4, -0.2) is 35.9 Å². The van der Waals surface area contributed by atoms with Crippen molar-refractivity contribution in [2.24, 2.45) is 0 Å². The lowest BCUT2D eigenvalue weighted by molar-refractivity contribution is -0.384. The molecular weight excluding hydrogens is 294 g/mol. The van der Waals surface area contributed by atoms with E-state index < -0.39 is 4.92 Å². The average molecular weight is 313 g/mol. The maximum atomic E-state index is 12.2. The molecule has 0 heterocycles. The van der Waals surface area contributed by atoms with Gasteiger partial charge in [-0.05, 0) is 30.7 Å². The first-order valence-corrected chi connectivity index (χ1v) is 7.37. The Balaban J connectivity index is 1.74. The molecule has 2 aromatic carbocycles. The van der Waals surface area contributed by atoms with Gasteiger partial charge < -0.3 is 10.2 Å². The van der Waals surface area contributed by atoms with E-state index in [1.54, 1.807) is 36.2 Å². The van der Waals surface area contributed by atoms with Gasteiger partial charge in [0.05, 0.1) is 4.92 Å². The number of amides is 1. The maximum absolute atomic E-state index is 12.2. The Bertz CT molecular complexity index is 657. The lowest BCUT2D eigenvalue weighted by atomic mass is 10.2. The highest BCUT2D eigenvalue weighted by Gasteiger charge is 2.10. The first-order chi connectivity index (χ1) is 11.1. The number of carbonyl (C=O) groups is 1. The van der Waals surface area contributed by atoms with Gasteiger partial charge in [0.2, 0.25) is 0 Å². The molecule has 120 valence electrons. The predicted molar refractivity (Wildman–Crippen MR) is 89.6 cm³/mol. The van der Waals surface area contributed by atoms with Crippen LogP contribution in [0.2, 0.25) is 0 Å². The highest BCUT2D eigenvalue weighted by molar-refractivity contribution is 5.93. The first-order valence-electron chi connectivity index (χ1n) is 7.37. The molecule has 6 nitrogen and oxygen atoms in total. The van der Waals surface area contributed by atoms with Crippen LogP contribution in [0.3, 0.4) is 0 Å². The summed E-state index contributed by atoms with van der Waals surface area (Å²) in [6, 6.07) is 15.5. The van der Waals surface area contributed by atoms with Crippen molar-refractivity contribution in [1.82, 2.24) is 4.90 Å². The average Bonchev–Trinajstić information content (AvgIpc) is 2.59. The predicted octanol–water partition coefficient (Wildman–Crippen LogP) is 3.17. The summed E-state index contributed by atoms with van der Waals surface area (Å²) < 4.78 is 0. The minimum absolute atomic E-state index is 0.000867. The lowest BCUT2D eigenvalue weighted by Crippen LogP contribution is -2.28. The number of nitro groups is 1. The van der Waals surface area contributed by atoms with E-state index in [0.29, 0.717) is 18.7 Å².